The molecule has 19 heavy (non-hydrogen) atoms. The van der Waals surface area contributed by atoms with Crippen LogP contribution >= 0.6 is 11.8 Å². The van der Waals surface area contributed by atoms with E-state index >= 15 is 0 Å². The number of ether oxygens (including phenoxy) is 1. The molecule has 106 valence electrons. The van der Waals surface area contributed by atoms with Crippen molar-refractivity contribution in [2.45, 2.75) is 26.0 Å². The first kappa shape index (κ1) is 15.9. The van der Waals surface area contributed by atoms with Gasteiger partial charge in [0, 0.05) is 16.6 Å². The van der Waals surface area contributed by atoms with Crippen molar-refractivity contribution in [2.24, 2.45) is 11.8 Å². The highest BCUT2D eigenvalue weighted by Gasteiger charge is 2.07. The minimum atomic E-state index is -0.312. The number of benzene rings is 1. The number of nitrogens with two attached hydrogens (primary N) is 1. The molecule has 0 bridgehead atoms. The van der Waals surface area contributed by atoms with E-state index in [1.807, 2.05) is 17.8 Å². The number of carbonyl (C=O) groups excluding carboxylic acids is 1. The maximum Gasteiger partial charge on any atom is 0.265 e. The lowest BCUT2D eigenvalue weighted by molar-refractivity contribution is 0.0953. The van der Waals surface area contributed by atoms with Crippen molar-refractivity contribution in [1.82, 2.24) is 5.43 Å². The number of nitrogen functional groups attached to an aromatic ring is 1. The number of thioether (sulfide) groups is 1. The van der Waals surface area contributed by atoms with Gasteiger partial charge < -0.3 is 4.74 Å². The van der Waals surface area contributed by atoms with Crippen LogP contribution in [0, 0.1) is 5.92 Å². The van der Waals surface area contributed by atoms with Gasteiger partial charge >= 0.3 is 0 Å². The molecule has 0 aliphatic rings. The zero-order valence-electron chi connectivity index (χ0n) is 11.7. The molecule has 3 N–H and O–H groups in total. The zero-order valence-corrected chi connectivity index (χ0v) is 12.5. The summed E-state index contributed by atoms with van der Waals surface area (Å²) < 4.78 is 5.63. The number of hydrogen-bond acceptors (Lipinski definition) is 4. The molecule has 1 aromatic rings. The van der Waals surface area contributed by atoms with E-state index in [4.69, 9.17) is 10.6 Å². The molecule has 0 radical (unpaired) electrons. The third kappa shape index (κ3) is 5.53. The highest BCUT2D eigenvalue weighted by molar-refractivity contribution is 7.99. The predicted octanol–water partition coefficient (Wildman–Crippen LogP) is 2.45. The molecule has 1 unspecified atom stereocenters. The number of hydrazine groups is 1. The van der Waals surface area contributed by atoms with Gasteiger partial charge in [-0.15, -0.1) is 0 Å². The van der Waals surface area contributed by atoms with Crippen LogP contribution in [0.1, 0.15) is 31.1 Å². The summed E-state index contributed by atoms with van der Waals surface area (Å²) in [6.45, 7) is 7.29. The van der Waals surface area contributed by atoms with Crippen molar-refractivity contribution in [3.8, 4) is 5.75 Å². The van der Waals surface area contributed by atoms with Gasteiger partial charge in [0.05, 0.1) is 6.61 Å². The normalized spacial score (nSPS) is 12.3. The summed E-state index contributed by atoms with van der Waals surface area (Å²) in [6, 6.07) is 7.01. The van der Waals surface area contributed by atoms with Crippen LogP contribution in [0.2, 0.25) is 0 Å². The van der Waals surface area contributed by atoms with Gasteiger partial charge in [0.25, 0.3) is 5.91 Å². The molecule has 0 saturated carbocycles. The lowest BCUT2D eigenvalue weighted by atomic mass is 10.2. The Morgan fingerprint density at radius 3 is 2.79 bits per heavy atom. The molecule has 0 spiro atoms. The van der Waals surface area contributed by atoms with Crippen molar-refractivity contribution < 1.29 is 9.53 Å². The summed E-state index contributed by atoms with van der Waals surface area (Å²) in [5, 5.41) is 0.623. The summed E-state index contributed by atoms with van der Waals surface area (Å²) in [7, 11) is 0. The maximum atomic E-state index is 11.4. The van der Waals surface area contributed by atoms with E-state index in [1.54, 1.807) is 18.2 Å². The lowest BCUT2D eigenvalue weighted by Crippen LogP contribution is -2.29. The number of amides is 1. The van der Waals surface area contributed by atoms with Crippen molar-refractivity contribution in [3.05, 3.63) is 29.8 Å². The monoisotopic (exact) mass is 282 g/mol. The van der Waals surface area contributed by atoms with E-state index in [1.165, 1.54) is 0 Å². The van der Waals surface area contributed by atoms with E-state index in [-0.39, 0.29) is 5.91 Å². The Bertz CT molecular complexity index is 410. The Balaban J connectivity index is 2.39. The first-order valence-corrected chi connectivity index (χ1v) is 7.45. The highest BCUT2D eigenvalue weighted by atomic mass is 32.2. The van der Waals surface area contributed by atoms with Gasteiger partial charge in [0.2, 0.25) is 0 Å². The van der Waals surface area contributed by atoms with E-state index in [2.05, 4.69) is 26.2 Å². The van der Waals surface area contributed by atoms with E-state index in [0.29, 0.717) is 29.1 Å². The molecule has 0 aliphatic heterocycles. The van der Waals surface area contributed by atoms with Crippen LogP contribution in [0.3, 0.4) is 0 Å². The summed E-state index contributed by atoms with van der Waals surface area (Å²) in [5.74, 6) is 7.08. The molecular weight excluding hydrogens is 260 g/mol. The zero-order chi connectivity index (χ0) is 14.3. The second kappa shape index (κ2) is 8.07. The molecule has 1 rings (SSSR count). The fraction of sp³-hybridized carbons (Fsp3) is 0.500. The Labute approximate surface area is 119 Å². The van der Waals surface area contributed by atoms with Gasteiger partial charge in [0.1, 0.15) is 5.75 Å². The Kier molecular flexibility index (Phi) is 6.73. The molecule has 1 amide bonds. The van der Waals surface area contributed by atoms with Crippen molar-refractivity contribution >= 4 is 17.7 Å². The largest absolute Gasteiger partial charge is 0.493 e. The van der Waals surface area contributed by atoms with Crippen LogP contribution in [0.25, 0.3) is 0 Å². The molecule has 0 fully saturated rings. The molecule has 5 heteroatoms. The first-order valence-electron chi connectivity index (χ1n) is 6.40. The van der Waals surface area contributed by atoms with Gasteiger partial charge in [-0.3, -0.25) is 10.2 Å². The number of hydrogen-bond donors (Lipinski definition) is 2. The summed E-state index contributed by atoms with van der Waals surface area (Å²) in [6.07, 6.45) is 0. The fourth-order valence-electron chi connectivity index (χ4n) is 1.40. The van der Waals surface area contributed by atoms with Gasteiger partial charge in [-0.1, -0.05) is 26.8 Å². The van der Waals surface area contributed by atoms with Gasteiger partial charge in [-0.2, -0.15) is 11.8 Å². The Hall–Kier alpha value is -1.20. The third-order valence-corrected chi connectivity index (χ3v) is 4.37. The topological polar surface area (TPSA) is 64.3 Å². The van der Waals surface area contributed by atoms with Crippen LogP contribution in [-0.2, 0) is 0 Å². The quantitative estimate of drug-likeness (QED) is 0.349. The summed E-state index contributed by atoms with van der Waals surface area (Å²) >= 11 is 1.89. The standard InChI is InChI=1S/C14H22N2O2S/c1-10(2)11(3)19-8-7-18-13-6-4-5-12(9-13)14(17)16-15/h4-6,9-11H,7-8,15H2,1-3H3,(H,16,17). The van der Waals surface area contributed by atoms with Crippen LogP contribution in [-0.4, -0.2) is 23.5 Å². The van der Waals surface area contributed by atoms with Gasteiger partial charge in [0.15, 0.2) is 0 Å². The molecule has 0 aromatic heterocycles. The molecule has 0 heterocycles. The first-order chi connectivity index (χ1) is 9.04. The van der Waals surface area contributed by atoms with Crippen molar-refractivity contribution in [3.63, 3.8) is 0 Å². The second-order valence-corrected chi connectivity index (χ2v) is 6.15. The molecule has 0 saturated heterocycles. The van der Waals surface area contributed by atoms with E-state index < -0.39 is 0 Å². The van der Waals surface area contributed by atoms with Gasteiger partial charge in [-0.25, -0.2) is 5.84 Å². The Morgan fingerprint density at radius 1 is 1.42 bits per heavy atom. The minimum Gasteiger partial charge on any atom is -0.493 e. The summed E-state index contributed by atoms with van der Waals surface area (Å²) in [4.78, 5) is 11.4. The molecular formula is C14H22N2O2S. The number of nitrogens with one attached hydrogen (secondary N) is 1. The predicted molar refractivity (Wildman–Crippen MR) is 80.3 cm³/mol. The van der Waals surface area contributed by atoms with Crippen LogP contribution in [0.4, 0.5) is 0 Å². The van der Waals surface area contributed by atoms with Crippen molar-refractivity contribution in [1.29, 1.82) is 0 Å². The molecule has 1 atom stereocenters. The van der Waals surface area contributed by atoms with Gasteiger partial charge in [-0.05, 0) is 24.1 Å². The van der Waals surface area contributed by atoms with E-state index in [0.717, 1.165) is 5.75 Å². The minimum absolute atomic E-state index is 0.312. The average molecular weight is 282 g/mol. The SMILES string of the molecule is CC(C)C(C)SCCOc1cccc(C(=O)NN)c1. The highest BCUT2D eigenvalue weighted by Crippen LogP contribution is 2.19. The molecule has 4 nitrogen and oxygen atoms in total. The fourth-order valence-corrected chi connectivity index (χ4v) is 2.33. The summed E-state index contributed by atoms with van der Waals surface area (Å²) in [5.41, 5.74) is 2.61. The van der Waals surface area contributed by atoms with Crippen LogP contribution in [0.5, 0.6) is 5.75 Å². The van der Waals surface area contributed by atoms with E-state index in [9.17, 15) is 4.79 Å². The number of rotatable bonds is 7. The van der Waals surface area contributed by atoms with Crippen molar-refractivity contribution in [2.75, 3.05) is 12.4 Å². The van der Waals surface area contributed by atoms with Crippen LogP contribution in [0.15, 0.2) is 24.3 Å². The van der Waals surface area contributed by atoms with Crippen LogP contribution < -0.4 is 16.0 Å². The second-order valence-electron chi connectivity index (χ2n) is 4.67. The average Bonchev–Trinajstić information content (AvgIpc) is 2.42. The smallest absolute Gasteiger partial charge is 0.265 e. The Morgan fingerprint density at radius 2 is 2.16 bits per heavy atom. The maximum absolute atomic E-state index is 11.4. The lowest BCUT2D eigenvalue weighted by Gasteiger charge is -2.15. The number of carbonyl (C=O) groups is 1. The molecule has 0 aliphatic carbocycles. The molecule has 1 aromatic carbocycles. The third-order valence-electron chi connectivity index (χ3n) is 2.90.